The molecule has 0 radical (unpaired) electrons. The first-order valence-corrected chi connectivity index (χ1v) is 7.92. The summed E-state index contributed by atoms with van der Waals surface area (Å²) >= 11 is 3.54. The van der Waals surface area contributed by atoms with Gasteiger partial charge in [-0.1, -0.05) is 52.3 Å². The Hall–Kier alpha value is -1.98. The molecule has 0 amide bonds. The van der Waals surface area contributed by atoms with Crippen LogP contribution in [0.4, 0.5) is 0 Å². The average molecular weight is 358 g/mol. The molecule has 4 nitrogen and oxygen atoms in total. The van der Waals surface area contributed by atoms with Crippen LogP contribution in [0.15, 0.2) is 51.5 Å². The highest BCUT2D eigenvalue weighted by Gasteiger charge is 2.11. The molecule has 0 aliphatic rings. The summed E-state index contributed by atoms with van der Waals surface area (Å²) in [6.45, 7) is 2.64. The van der Waals surface area contributed by atoms with Crippen LogP contribution in [0, 0.1) is 0 Å². The van der Waals surface area contributed by atoms with Crippen LogP contribution >= 0.6 is 15.9 Å². The zero-order valence-corrected chi connectivity index (χ0v) is 13.8. The van der Waals surface area contributed by atoms with Crippen molar-refractivity contribution in [3.63, 3.8) is 0 Å². The van der Waals surface area contributed by atoms with Crippen molar-refractivity contribution in [2.45, 2.75) is 19.9 Å². The molecule has 0 spiro atoms. The SMILES string of the molecule is CCc1cc(-c2nc(-c3ccc(CN)cc3)no2)ccc1Br. The molecule has 0 fully saturated rings. The fourth-order valence-electron chi connectivity index (χ4n) is 2.23. The Bertz CT molecular complexity index is 781. The highest BCUT2D eigenvalue weighted by atomic mass is 79.9. The minimum atomic E-state index is 0.524. The Labute approximate surface area is 137 Å². The van der Waals surface area contributed by atoms with E-state index in [9.17, 15) is 0 Å². The maximum absolute atomic E-state index is 5.60. The van der Waals surface area contributed by atoms with Gasteiger partial charge in [-0.2, -0.15) is 4.98 Å². The lowest BCUT2D eigenvalue weighted by molar-refractivity contribution is 0.432. The number of aryl methyl sites for hydroxylation is 1. The van der Waals surface area contributed by atoms with Crippen molar-refractivity contribution < 1.29 is 4.52 Å². The summed E-state index contributed by atoms with van der Waals surface area (Å²) in [5.74, 6) is 1.11. The molecule has 3 aromatic rings. The van der Waals surface area contributed by atoms with E-state index in [0.29, 0.717) is 18.3 Å². The van der Waals surface area contributed by atoms with Crippen LogP contribution in [-0.2, 0) is 13.0 Å². The fraction of sp³-hybridized carbons (Fsp3) is 0.176. The van der Waals surface area contributed by atoms with Crippen molar-refractivity contribution in [3.05, 3.63) is 58.1 Å². The first-order valence-electron chi connectivity index (χ1n) is 7.13. The van der Waals surface area contributed by atoms with E-state index in [0.717, 1.165) is 27.6 Å². The van der Waals surface area contributed by atoms with Gasteiger partial charge in [0.25, 0.3) is 5.89 Å². The Morgan fingerprint density at radius 3 is 2.50 bits per heavy atom. The quantitative estimate of drug-likeness (QED) is 0.760. The third kappa shape index (κ3) is 2.96. The summed E-state index contributed by atoms with van der Waals surface area (Å²) in [6, 6.07) is 13.9. The summed E-state index contributed by atoms with van der Waals surface area (Å²) in [7, 11) is 0. The van der Waals surface area contributed by atoms with E-state index in [4.69, 9.17) is 10.3 Å². The molecule has 0 unspecified atom stereocenters. The van der Waals surface area contributed by atoms with E-state index in [-0.39, 0.29) is 0 Å². The van der Waals surface area contributed by atoms with E-state index in [1.807, 2.05) is 36.4 Å². The van der Waals surface area contributed by atoms with Crippen molar-refractivity contribution in [2.24, 2.45) is 5.73 Å². The molecule has 0 atom stereocenters. The molecule has 3 rings (SSSR count). The van der Waals surface area contributed by atoms with Gasteiger partial charge in [-0.15, -0.1) is 0 Å². The summed E-state index contributed by atoms with van der Waals surface area (Å²) in [5, 5.41) is 4.07. The molecule has 1 heterocycles. The van der Waals surface area contributed by atoms with Crippen LogP contribution in [0.5, 0.6) is 0 Å². The lowest BCUT2D eigenvalue weighted by Gasteiger charge is -2.02. The number of benzene rings is 2. The zero-order chi connectivity index (χ0) is 15.5. The van der Waals surface area contributed by atoms with Gasteiger partial charge in [0.05, 0.1) is 0 Å². The third-order valence-electron chi connectivity index (χ3n) is 3.55. The Morgan fingerprint density at radius 2 is 1.82 bits per heavy atom. The third-order valence-corrected chi connectivity index (χ3v) is 4.32. The van der Waals surface area contributed by atoms with Gasteiger partial charge in [0, 0.05) is 22.1 Å². The summed E-state index contributed by atoms with van der Waals surface area (Å²) < 4.78 is 6.49. The Morgan fingerprint density at radius 1 is 1.09 bits per heavy atom. The summed E-state index contributed by atoms with van der Waals surface area (Å²) in [5.41, 5.74) is 9.74. The van der Waals surface area contributed by atoms with E-state index in [1.165, 1.54) is 5.56 Å². The van der Waals surface area contributed by atoms with E-state index in [2.05, 4.69) is 39.1 Å². The Kier molecular flexibility index (Phi) is 4.36. The van der Waals surface area contributed by atoms with Crippen molar-refractivity contribution in [1.82, 2.24) is 10.1 Å². The minimum Gasteiger partial charge on any atom is -0.334 e. The van der Waals surface area contributed by atoms with Gasteiger partial charge in [0.2, 0.25) is 5.82 Å². The van der Waals surface area contributed by atoms with Gasteiger partial charge in [0.15, 0.2) is 0 Å². The van der Waals surface area contributed by atoms with Crippen LogP contribution in [0.1, 0.15) is 18.1 Å². The van der Waals surface area contributed by atoms with E-state index < -0.39 is 0 Å². The number of hydrogen-bond donors (Lipinski definition) is 1. The molecular weight excluding hydrogens is 342 g/mol. The fourth-order valence-corrected chi connectivity index (χ4v) is 2.75. The number of nitrogens with zero attached hydrogens (tertiary/aromatic N) is 2. The summed E-state index contributed by atoms with van der Waals surface area (Å²) in [4.78, 5) is 4.49. The van der Waals surface area contributed by atoms with Gasteiger partial charge < -0.3 is 10.3 Å². The van der Waals surface area contributed by atoms with Crippen LogP contribution in [0.2, 0.25) is 0 Å². The van der Waals surface area contributed by atoms with Crippen LogP contribution < -0.4 is 5.73 Å². The van der Waals surface area contributed by atoms with Gasteiger partial charge in [-0.05, 0) is 35.7 Å². The molecule has 22 heavy (non-hydrogen) atoms. The molecule has 0 bridgehead atoms. The molecule has 5 heteroatoms. The van der Waals surface area contributed by atoms with E-state index >= 15 is 0 Å². The lowest BCUT2D eigenvalue weighted by Crippen LogP contribution is -1.95. The molecular formula is C17H16BrN3O. The second-order valence-corrected chi connectivity index (χ2v) is 5.84. The number of rotatable bonds is 4. The molecule has 1 aromatic heterocycles. The zero-order valence-electron chi connectivity index (χ0n) is 12.2. The first-order chi connectivity index (χ1) is 10.7. The predicted molar refractivity (Wildman–Crippen MR) is 90.1 cm³/mol. The van der Waals surface area contributed by atoms with Gasteiger partial charge >= 0.3 is 0 Å². The van der Waals surface area contributed by atoms with Crippen LogP contribution in [0.3, 0.4) is 0 Å². The normalized spacial score (nSPS) is 10.9. The molecule has 0 aliphatic heterocycles. The Balaban J connectivity index is 1.92. The van der Waals surface area contributed by atoms with Gasteiger partial charge in [-0.25, -0.2) is 0 Å². The van der Waals surface area contributed by atoms with Crippen molar-refractivity contribution in [3.8, 4) is 22.8 Å². The number of aromatic nitrogens is 2. The average Bonchev–Trinajstić information content (AvgIpc) is 3.05. The monoisotopic (exact) mass is 357 g/mol. The van der Waals surface area contributed by atoms with Crippen molar-refractivity contribution in [1.29, 1.82) is 0 Å². The molecule has 2 aromatic carbocycles. The van der Waals surface area contributed by atoms with Crippen LogP contribution in [0.25, 0.3) is 22.8 Å². The second-order valence-electron chi connectivity index (χ2n) is 4.98. The van der Waals surface area contributed by atoms with E-state index in [1.54, 1.807) is 0 Å². The predicted octanol–water partition coefficient (Wildman–Crippen LogP) is 4.19. The topological polar surface area (TPSA) is 64.9 Å². The maximum Gasteiger partial charge on any atom is 0.258 e. The number of halogens is 1. The second kappa shape index (κ2) is 6.42. The van der Waals surface area contributed by atoms with Crippen molar-refractivity contribution in [2.75, 3.05) is 0 Å². The van der Waals surface area contributed by atoms with Crippen LogP contribution in [-0.4, -0.2) is 10.1 Å². The molecule has 2 N–H and O–H groups in total. The maximum atomic E-state index is 5.60. The van der Waals surface area contributed by atoms with Crippen molar-refractivity contribution >= 4 is 15.9 Å². The number of hydrogen-bond acceptors (Lipinski definition) is 4. The van der Waals surface area contributed by atoms with Gasteiger partial charge in [0.1, 0.15) is 0 Å². The minimum absolute atomic E-state index is 0.524. The molecule has 0 aliphatic carbocycles. The summed E-state index contributed by atoms with van der Waals surface area (Å²) in [6.07, 6.45) is 0.940. The number of nitrogens with two attached hydrogens (primary N) is 1. The highest BCUT2D eigenvalue weighted by molar-refractivity contribution is 9.10. The first kappa shape index (κ1) is 14.9. The molecule has 0 saturated carbocycles. The van der Waals surface area contributed by atoms with Gasteiger partial charge in [-0.3, -0.25) is 0 Å². The standard InChI is InChI=1S/C17H16BrN3O/c1-2-12-9-14(7-8-15(12)18)17-20-16(21-22-17)13-5-3-11(10-19)4-6-13/h3-9H,2,10,19H2,1H3. The lowest BCUT2D eigenvalue weighted by atomic mass is 10.1. The smallest absolute Gasteiger partial charge is 0.258 e. The highest BCUT2D eigenvalue weighted by Crippen LogP contribution is 2.26. The molecule has 112 valence electrons. The molecule has 0 saturated heterocycles. The largest absolute Gasteiger partial charge is 0.334 e.